The summed E-state index contributed by atoms with van der Waals surface area (Å²) in [5.74, 6) is 0.807. The average molecular weight is 336 g/mol. The normalized spacial score (nSPS) is 10.6. The number of phenolic OH excluding ortho intramolecular Hbond substituents is 1. The summed E-state index contributed by atoms with van der Waals surface area (Å²) in [6.45, 7) is 1.09. The van der Waals surface area contributed by atoms with Crippen LogP contribution in [0.25, 0.3) is 11.3 Å². The molecule has 5 N–H and O–H groups in total. The molecule has 0 aliphatic rings. The van der Waals surface area contributed by atoms with E-state index in [0.29, 0.717) is 24.6 Å². The summed E-state index contributed by atoms with van der Waals surface area (Å²) in [4.78, 5) is 8.11. The highest BCUT2D eigenvalue weighted by molar-refractivity contribution is 5.63. The average Bonchev–Trinajstić information content (AvgIpc) is 2.63. The van der Waals surface area contributed by atoms with E-state index in [2.05, 4.69) is 15.3 Å². The van der Waals surface area contributed by atoms with Gasteiger partial charge in [-0.2, -0.15) is 9.97 Å². The van der Waals surface area contributed by atoms with Crippen molar-refractivity contribution < 1.29 is 10.2 Å². The predicted octanol–water partition coefficient (Wildman–Crippen LogP) is 2.67. The Labute approximate surface area is 146 Å². The first-order valence-electron chi connectivity index (χ1n) is 8.03. The maximum Gasteiger partial charge on any atom is 0.316 e. The van der Waals surface area contributed by atoms with Gasteiger partial charge in [0, 0.05) is 24.7 Å². The Kier molecular flexibility index (Phi) is 5.11. The molecule has 2 aromatic carbocycles. The van der Waals surface area contributed by atoms with Gasteiger partial charge in [0.2, 0.25) is 0 Å². The van der Waals surface area contributed by atoms with E-state index in [-0.39, 0.29) is 11.8 Å². The molecule has 128 valence electrons. The van der Waals surface area contributed by atoms with Crippen LogP contribution in [0, 0.1) is 0 Å². The Morgan fingerprint density at radius 1 is 0.920 bits per heavy atom. The molecule has 0 bridgehead atoms. The molecular weight excluding hydrogens is 316 g/mol. The van der Waals surface area contributed by atoms with Crippen molar-refractivity contribution in [2.45, 2.75) is 13.0 Å². The molecule has 1 aromatic heterocycles. The molecule has 0 saturated heterocycles. The summed E-state index contributed by atoms with van der Waals surface area (Å²) >= 11 is 0. The van der Waals surface area contributed by atoms with Gasteiger partial charge in [-0.3, -0.25) is 0 Å². The fourth-order valence-corrected chi connectivity index (χ4v) is 2.53. The van der Waals surface area contributed by atoms with Crippen LogP contribution >= 0.6 is 0 Å². The molecule has 0 spiro atoms. The van der Waals surface area contributed by atoms with E-state index in [4.69, 9.17) is 5.73 Å². The third kappa shape index (κ3) is 4.45. The van der Waals surface area contributed by atoms with Gasteiger partial charge in [-0.15, -0.1) is 0 Å². The number of nitrogens with two attached hydrogens (primary N) is 1. The zero-order chi connectivity index (χ0) is 17.6. The molecule has 0 aliphatic carbocycles. The third-order valence-electron chi connectivity index (χ3n) is 3.83. The van der Waals surface area contributed by atoms with Crippen LogP contribution in [0.5, 0.6) is 11.8 Å². The van der Waals surface area contributed by atoms with Gasteiger partial charge in [0.15, 0.2) is 0 Å². The van der Waals surface area contributed by atoms with E-state index in [1.807, 2.05) is 36.4 Å². The molecule has 0 unspecified atom stereocenters. The lowest BCUT2D eigenvalue weighted by molar-refractivity contribution is 0.432. The Morgan fingerprint density at radius 3 is 2.48 bits per heavy atom. The van der Waals surface area contributed by atoms with Crippen LogP contribution < -0.4 is 11.1 Å². The topological polar surface area (TPSA) is 104 Å². The molecule has 0 amide bonds. The van der Waals surface area contributed by atoms with Gasteiger partial charge in [-0.1, -0.05) is 30.3 Å². The number of benzene rings is 2. The number of nitrogens with one attached hydrogen (secondary N) is 1. The van der Waals surface area contributed by atoms with E-state index in [1.165, 1.54) is 0 Å². The molecule has 0 atom stereocenters. The molecule has 0 aliphatic heterocycles. The van der Waals surface area contributed by atoms with Crippen LogP contribution in [0.3, 0.4) is 0 Å². The highest BCUT2D eigenvalue weighted by Gasteiger charge is 2.07. The zero-order valence-corrected chi connectivity index (χ0v) is 13.7. The molecule has 3 aromatic rings. The summed E-state index contributed by atoms with van der Waals surface area (Å²) in [5, 5.41) is 22.3. The highest BCUT2D eigenvalue weighted by atomic mass is 16.3. The molecule has 1 heterocycles. The second-order valence-corrected chi connectivity index (χ2v) is 5.69. The molecule has 0 fully saturated rings. The lowest BCUT2D eigenvalue weighted by Gasteiger charge is -2.09. The van der Waals surface area contributed by atoms with Crippen LogP contribution in [0.15, 0.2) is 54.6 Å². The summed E-state index contributed by atoms with van der Waals surface area (Å²) in [7, 11) is 0. The molecule has 0 radical (unpaired) electrons. The van der Waals surface area contributed by atoms with Gasteiger partial charge in [0.1, 0.15) is 11.6 Å². The van der Waals surface area contributed by atoms with Gasteiger partial charge in [0.25, 0.3) is 0 Å². The first-order valence-corrected chi connectivity index (χ1v) is 8.03. The number of phenols is 1. The van der Waals surface area contributed by atoms with Crippen molar-refractivity contribution in [1.82, 2.24) is 9.97 Å². The number of rotatable bonds is 6. The zero-order valence-electron chi connectivity index (χ0n) is 13.7. The number of hydrogen-bond acceptors (Lipinski definition) is 6. The lowest BCUT2D eigenvalue weighted by Crippen LogP contribution is -2.07. The number of aromatic hydroxyl groups is 2. The van der Waals surface area contributed by atoms with Crippen LogP contribution in [0.1, 0.15) is 11.1 Å². The van der Waals surface area contributed by atoms with Gasteiger partial charge < -0.3 is 21.3 Å². The van der Waals surface area contributed by atoms with Crippen LogP contribution in [0.2, 0.25) is 0 Å². The van der Waals surface area contributed by atoms with Gasteiger partial charge >= 0.3 is 6.01 Å². The van der Waals surface area contributed by atoms with E-state index < -0.39 is 0 Å². The van der Waals surface area contributed by atoms with Crippen LogP contribution in [-0.2, 0) is 13.0 Å². The molecule has 0 saturated carbocycles. The van der Waals surface area contributed by atoms with Crippen molar-refractivity contribution in [1.29, 1.82) is 0 Å². The molecule has 6 nitrogen and oxygen atoms in total. The van der Waals surface area contributed by atoms with Crippen molar-refractivity contribution in [3.8, 4) is 23.0 Å². The monoisotopic (exact) mass is 336 g/mol. The van der Waals surface area contributed by atoms with E-state index in [1.54, 1.807) is 18.2 Å². The van der Waals surface area contributed by atoms with Crippen molar-refractivity contribution in [2.24, 2.45) is 5.73 Å². The molecule has 3 rings (SSSR count). The van der Waals surface area contributed by atoms with Gasteiger partial charge in [-0.25, -0.2) is 0 Å². The molecular formula is C19H20N4O2. The minimum Gasteiger partial charge on any atom is -0.508 e. The van der Waals surface area contributed by atoms with Crippen molar-refractivity contribution >= 4 is 5.82 Å². The number of nitrogens with zero attached hydrogens (tertiary/aromatic N) is 2. The Bertz CT molecular complexity index is 850. The van der Waals surface area contributed by atoms with E-state index in [0.717, 1.165) is 23.1 Å². The fraction of sp³-hybridized carbons (Fsp3) is 0.158. The Hall–Kier alpha value is -3.12. The fourth-order valence-electron chi connectivity index (χ4n) is 2.53. The highest BCUT2D eigenvalue weighted by Crippen LogP contribution is 2.23. The maximum absolute atomic E-state index is 9.81. The number of aromatic nitrogens is 2. The van der Waals surface area contributed by atoms with Crippen LogP contribution in [-0.4, -0.2) is 26.7 Å². The first kappa shape index (κ1) is 16.7. The Balaban J connectivity index is 1.71. The standard InChI is InChI=1S/C19H20N4O2/c20-12-14-2-1-3-15(10-14)17-11-18(23-19(25)22-17)21-9-8-13-4-6-16(24)7-5-13/h1-7,10-11,24H,8-9,12,20H2,(H2,21,22,23,25). The largest absolute Gasteiger partial charge is 0.508 e. The SMILES string of the molecule is NCc1cccc(-c2cc(NCCc3ccc(O)cc3)nc(O)n2)c1. The first-order chi connectivity index (χ1) is 12.1. The van der Waals surface area contributed by atoms with Crippen molar-refractivity contribution in [3.63, 3.8) is 0 Å². The predicted molar refractivity (Wildman–Crippen MR) is 97.3 cm³/mol. The second-order valence-electron chi connectivity index (χ2n) is 5.69. The number of anilines is 1. The smallest absolute Gasteiger partial charge is 0.316 e. The number of hydrogen-bond donors (Lipinski definition) is 4. The van der Waals surface area contributed by atoms with E-state index >= 15 is 0 Å². The second kappa shape index (κ2) is 7.63. The minimum absolute atomic E-state index is 0.252. The lowest BCUT2D eigenvalue weighted by atomic mass is 10.1. The summed E-state index contributed by atoms with van der Waals surface area (Å²) < 4.78 is 0. The van der Waals surface area contributed by atoms with Crippen molar-refractivity contribution in [3.05, 3.63) is 65.7 Å². The van der Waals surface area contributed by atoms with E-state index in [9.17, 15) is 10.2 Å². The minimum atomic E-state index is -0.275. The van der Waals surface area contributed by atoms with Gasteiger partial charge in [-0.05, 0) is 35.7 Å². The summed E-state index contributed by atoms with van der Waals surface area (Å²) in [5.41, 5.74) is 9.28. The molecule has 25 heavy (non-hydrogen) atoms. The van der Waals surface area contributed by atoms with Crippen molar-refractivity contribution in [2.75, 3.05) is 11.9 Å². The van der Waals surface area contributed by atoms with Gasteiger partial charge in [0.05, 0.1) is 5.69 Å². The Morgan fingerprint density at radius 2 is 1.72 bits per heavy atom. The van der Waals surface area contributed by atoms with Crippen LogP contribution in [0.4, 0.5) is 5.82 Å². The third-order valence-corrected chi connectivity index (χ3v) is 3.83. The molecule has 6 heteroatoms. The quantitative estimate of drug-likeness (QED) is 0.552. The maximum atomic E-state index is 9.81. The summed E-state index contributed by atoms with van der Waals surface area (Å²) in [6.07, 6.45) is 0.767. The summed E-state index contributed by atoms with van der Waals surface area (Å²) in [6, 6.07) is 16.3.